The van der Waals surface area contributed by atoms with Gasteiger partial charge in [0.25, 0.3) is 0 Å². The predicted octanol–water partition coefficient (Wildman–Crippen LogP) is 4.18. The number of methoxy groups -OCH3 is 1. The summed E-state index contributed by atoms with van der Waals surface area (Å²) in [6.07, 6.45) is 0. The number of aromatic nitrogens is 1. The summed E-state index contributed by atoms with van der Waals surface area (Å²) in [5.74, 6) is 0.373. The Morgan fingerprint density at radius 2 is 1.83 bits per heavy atom. The molecule has 0 unspecified atom stereocenters. The van der Waals surface area contributed by atoms with Gasteiger partial charge in [-0.05, 0) is 29.8 Å². The zero-order valence-electron chi connectivity index (χ0n) is 12.6. The van der Waals surface area contributed by atoms with Gasteiger partial charge < -0.3 is 9.47 Å². The van der Waals surface area contributed by atoms with Gasteiger partial charge in [-0.25, -0.2) is 9.78 Å². The summed E-state index contributed by atoms with van der Waals surface area (Å²) in [5.41, 5.74) is 2.22. The van der Waals surface area contributed by atoms with Crippen LogP contribution in [0.5, 0.6) is 5.75 Å². The van der Waals surface area contributed by atoms with E-state index in [0.29, 0.717) is 5.69 Å². The quantitative estimate of drug-likeness (QED) is 0.660. The molecule has 1 heterocycles. The molecular weight excluding hydrogens is 310 g/mol. The first-order chi connectivity index (χ1) is 11.3. The third-order valence-electron chi connectivity index (χ3n) is 3.26. The van der Waals surface area contributed by atoms with Crippen molar-refractivity contribution in [3.63, 3.8) is 0 Å². The van der Waals surface area contributed by atoms with E-state index in [-0.39, 0.29) is 6.61 Å². The number of hydrogen-bond donors (Lipinski definition) is 0. The molecule has 1 aromatic heterocycles. The molecule has 0 aliphatic carbocycles. The fraction of sp³-hybridized carbons (Fsp3) is 0.111. The Morgan fingerprint density at radius 1 is 1.09 bits per heavy atom. The number of ether oxygens (including phenoxy) is 2. The van der Waals surface area contributed by atoms with Gasteiger partial charge in [-0.2, -0.15) is 0 Å². The highest BCUT2D eigenvalue weighted by atomic mass is 32.1. The van der Waals surface area contributed by atoms with Crippen molar-refractivity contribution >= 4 is 17.3 Å². The van der Waals surface area contributed by atoms with E-state index < -0.39 is 5.97 Å². The molecule has 23 heavy (non-hydrogen) atoms. The predicted molar refractivity (Wildman–Crippen MR) is 89.7 cm³/mol. The molecule has 0 fully saturated rings. The molecule has 3 aromatic rings. The van der Waals surface area contributed by atoms with Crippen LogP contribution in [0, 0.1) is 0 Å². The highest BCUT2D eigenvalue weighted by Crippen LogP contribution is 2.26. The lowest BCUT2D eigenvalue weighted by molar-refractivity contribution is 0.0467. The Bertz CT molecular complexity index is 782. The Morgan fingerprint density at radius 3 is 2.52 bits per heavy atom. The van der Waals surface area contributed by atoms with Crippen LogP contribution in [0.1, 0.15) is 16.1 Å². The van der Waals surface area contributed by atoms with Crippen LogP contribution >= 0.6 is 11.3 Å². The van der Waals surface area contributed by atoms with Crippen LogP contribution in [-0.4, -0.2) is 18.1 Å². The topological polar surface area (TPSA) is 48.4 Å². The number of thiazole rings is 1. The maximum Gasteiger partial charge on any atom is 0.358 e. The van der Waals surface area contributed by atoms with Crippen molar-refractivity contribution in [2.24, 2.45) is 0 Å². The van der Waals surface area contributed by atoms with E-state index in [4.69, 9.17) is 9.47 Å². The number of rotatable bonds is 5. The second kappa shape index (κ2) is 7.07. The number of hydrogen-bond acceptors (Lipinski definition) is 5. The molecule has 0 bridgehead atoms. The van der Waals surface area contributed by atoms with Gasteiger partial charge in [0.2, 0.25) is 0 Å². The van der Waals surface area contributed by atoms with E-state index in [1.54, 1.807) is 12.5 Å². The monoisotopic (exact) mass is 325 g/mol. The third-order valence-corrected chi connectivity index (χ3v) is 4.15. The Balaban J connectivity index is 1.67. The van der Waals surface area contributed by atoms with Crippen molar-refractivity contribution in [3.05, 3.63) is 71.2 Å². The normalized spacial score (nSPS) is 10.3. The van der Waals surface area contributed by atoms with Crippen molar-refractivity contribution in [3.8, 4) is 16.3 Å². The molecule has 3 rings (SSSR count). The van der Waals surface area contributed by atoms with Crippen LogP contribution < -0.4 is 4.74 Å². The van der Waals surface area contributed by atoms with E-state index in [1.165, 1.54) is 11.3 Å². The fourth-order valence-corrected chi connectivity index (χ4v) is 2.83. The number of benzene rings is 2. The Hall–Kier alpha value is -2.66. The molecule has 0 saturated carbocycles. The minimum atomic E-state index is -0.412. The summed E-state index contributed by atoms with van der Waals surface area (Å²) >= 11 is 1.41. The van der Waals surface area contributed by atoms with Gasteiger partial charge >= 0.3 is 5.97 Å². The molecule has 4 nitrogen and oxygen atoms in total. The van der Waals surface area contributed by atoms with Crippen LogP contribution in [0.3, 0.4) is 0 Å². The maximum atomic E-state index is 12.1. The van der Waals surface area contributed by atoms with Crippen LogP contribution in [0.4, 0.5) is 0 Å². The minimum absolute atomic E-state index is 0.245. The molecule has 0 N–H and O–H groups in total. The molecule has 5 heteroatoms. The van der Waals surface area contributed by atoms with E-state index >= 15 is 0 Å². The summed E-state index contributed by atoms with van der Waals surface area (Å²) in [6, 6.07) is 17.1. The van der Waals surface area contributed by atoms with Crippen molar-refractivity contribution in [1.82, 2.24) is 4.98 Å². The highest BCUT2D eigenvalue weighted by molar-refractivity contribution is 7.13. The molecule has 0 aliphatic heterocycles. The number of esters is 1. The molecule has 0 radical (unpaired) electrons. The second-order valence-corrected chi connectivity index (χ2v) is 5.69. The summed E-state index contributed by atoms with van der Waals surface area (Å²) in [5, 5.41) is 2.49. The fourth-order valence-electron chi connectivity index (χ4n) is 2.03. The first-order valence-electron chi connectivity index (χ1n) is 7.07. The maximum absolute atomic E-state index is 12.1. The zero-order chi connectivity index (χ0) is 16.1. The van der Waals surface area contributed by atoms with E-state index in [0.717, 1.165) is 21.9 Å². The van der Waals surface area contributed by atoms with Crippen molar-refractivity contribution < 1.29 is 14.3 Å². The third kappa shape index (κ3) is 3.76. The minimum Gasteiger partial charge on any atom is -0.497 e. The first kappa shape index (κ1) is 15.2. The zero-order valence-corrected chi connectivity index (χ0v) is 13.4. The Labute approximate surface area is 138 Å². The van der Waals surface area contributed by atoms with E-state index in [9.17, 15) is 4.79 Å². The van der Waals surface area contributed by atoms with Gasteiger partial charge in [0.05, 0.1) is 7.11 Å². The standard InChI is InChI=1S/C18H15NO3S/c1-21-15-9-7-14(8-10-15)17-19-16(12-23-17)18(20)22-11-13-5-3-2-4-6-13/h2-10,12H,11H2,1H3. The molecule has 0 atom stereocenters. The second-order valence-electron chi connectivity index (χ2n) is 4.83. The average molecular weight is 325 g/mol. The molecule has 0 amide bonds. The average Bonchev–Trinajstić information content (AvgIpc) is 3.11. The van der Waals surface area contributed by atoms with Crippen molar-refractivity contribution in [1.29, 1.82) is 0 Å². The smallest absolute Gasteiger partial charge is 0.358 e. The SMILES string of the molecule is COc1ccc(-c2nc(C(=O)OCc3ccccc3)cs2)cc1. The lowest BCUT2D eigenvalue weighted by Gasteiger charge is -2.02. The molecule has 0 spiro atoms. The molecule has 0 aliphatic rings. The number of carbonyl (C=O) groups excluding carboxylic acids is 1. The van der Waals surface area contributed by atoms with E-state index in [2.05, 4.69) is 4.98 Å². The molecule has 2 aromatic carbocycles. The van der Waals surface area contributed by atoms with Crippen LogP contribution in [0.15, 0.2) is 60.0 Å². The lowest BCUT2D eigenvalue weighted by atomic mass is 10.2. The van der Waals surface area contributed by atoms with Gasteiger partial charge in [0, 0.05) is 10.9 Å². The molecule has 0 saturated heterocycles. The number of carbonyl (C=O) groups is 1. The summed E-state index contributed by atoms with van der Waals surface area (Å²) < 4.78 is 10.4. The summed E-state index contributed by atoms with van der Waals surface area (Å²) in [4.78, 5) is 16.4. The lowest BCUT2D eigenvalue weighted by Crippen LogP contribution is -2.05. The van der Waals surface area contributed by atoms with Crippen LogP contribution in [-0.2, 0) is 11.3 Å². The van der Waals surface area contributed by atoms with Crippen LogP contribution in [0.25, 0.3) is 10.6 Å². The van der Waals surface area contributed by atoms with Crippen LogP contribution in [0.2, 0.25) is 0 Å². The Kier molecular flexibility index (Phi) is 4.68. The van der Waals surface area contributed by atoms with Gasteiger partial charge in [-0.3, -0.25) is 0 Å². The van der Waals surface area contributed by atoms with Gasteiger partial charge in [0.1, 0.15) is 17.4 Å². The highest BCUT2D eigenvalue weighted by Gasteiger charge is 2.13. The van der Waals surface area contributed by atoms with Crippen molar-refractivity contribution in [2.75, 3.05) is 7.11 Å². The van der Waals surface area contributed by atoms with Crippen molar-refractivity contribution in [2.45, 2.75) is 6.61 Å². The van der Waals surface area contributed by atoms with Gasteiger partial charge in [-0.1, -0.05) is 30.3 Å². The molecular formula is C18H15NO3S. The van der Waals surface area contributed by atoms with Gasteiger partial charge in [-0.15, -0.1) is 11.3 Å². The van der Waals surface area contributed by atoms with Gasteiger partial charge in [0.15, 0.2) is 5.69 Å². The van der Waals surface area contributed by atoms with E-state index in [1.807, 2.05) is 54.6 Å². The molecule has 116 valence electrons. The summed E-state index contributed by atoms with van der Waals surface area (Å²) in [7, 11) is 1.62. The first-order valence-corrected chi connectivity index (χ1v) is 7.95. The number of nitrogens with zero attached hydrogens (tertiary/aromatic N) is 1. The summed E-state index contributed by atoms with van der Waals surface area (Å²) in [6.45, 7) is 0.245. The largest absolute Gasteiger partial charge is 0.497 e.